The number of amides is 1. The lowest BCUT2D eigenvalue weighted by Gasteiger charge is -2.14. The van der Waals surface area contributed by atoms with Crippen LogP contribution in [0.4, 0.5) is 5.69 Å². The number of carbonyl (C=O) groups is 1. The third-order valence-corrected chi connectivity index (χ3v) is 7.06. The van der Waals surface area contributed by atoms with Crippen molar-refractivity contribution in [2.45, 2.75) is 30.8 Å². The van der Waals surface area contributed by atoms with Gasteiger partial charge in [-0.25, -0.2) is 22.7 Å². The third kappa shape index (κ3) is 5.19. The number of nitrogens with zero attached hydrogens (tertiary/aromatic N) is 3. The summed E-state index contributed by atoms with van der Waals surface area (Å²) in [7, 11) is -0.878. The monoisotopic (exact) mass is 428 g/mol. The first-order valence-electron chi connectivity index (χ1n) is 7.99. The molecule has 10 heteroatoms. The molecule has 1 heterocycles. The van der Waals surface area contributed by atoms with Crippen LogP contribution in [0.1, 0.15) is 17.0 Å². The largest absolute Gasteiger partial charge is 0.325 e. The number of sulfonamides is 1. The molecule has 1 aromatic carbocycles. The second-order valence-corrected chi connectivity index (χ2v) is 9.54. The molecule has 0 fully saturated rings. The quantitative estimate of drug-likeness (QED) is 0.561. The van der Waals surface area contributed by atoms with Crippen LogP contribution in [0.5, 0.6) is 0 Å². The van der Waals surface area contributed by atoms with E-state index in [2.05, 4.69) is 15.3 Å². The number of aromatic nitrogens is 2. The summed E-state index contributed by atoms with van der Waals surface area (Å²) in [5.74, 6) is -0.199. The summed E-state index contributed by atoms with van der Waals surface area (Å²) in [6.45, 7) is 5.74. The summed E-state index contributed by atoms with van der Waals surface area (Å²) in [6, 6.07) is 4.34. The number of carbonyl (C=O) groups excluding carboxylic acids is 1. The summed E-state index contributed by atoms with van der Waals surface area (Å²) >= 11 is 7.22. The number of thioether (sulfide) groups is 1. The molecule has 0 bridgehead atoms. The van der Waals surface area contributed by atoms with Crippen molar-refractivity contribution in [2.75, 3.05) is 25.2 Å². The minimum atomic E-state index is -3.71. The van der Waals surface area contributed by atoms with Crippen LogP contribution in [0.2, 0.25) is 5.02 Å². The lowest BCUT2D eigenvalue weighted by Crippen LogP contribution is -2.23. The summed E-state index contributed by atoms with van der Waals surface area (Å²) in [6.07, 6.45) is 0. The molecule has 7 nitrogen and oxygen atoms in total. The second kappa shape index (κ2) is 8.55. The van der Waals surface area contributed by atoms with Crippen molar-refractivity contribution in [3.05, 3.63) is 40.2 Å². The fourth-order valence-electron chi connectivity index (χ4n) is 2.11. The minimum Gasteiger partial charge on any atom is -0.325 e. The Morgan fingerprint density at radius 2 is 1.78 bits per heavy atom. The van der Waals surface area contributed by atoms with Gasteiger partial charge in [0.25, 0.3) is 0 Å². The SMILES string of the molecule is Cc1nc(SCC(=O)Nc2ccc(Cl)c(S(=O)(=O)N(C)C)c2)nc(C)c1C. The highest BCUT2D eigenvalue weighted by atomic mass is 35.5. The highest BCUT2D eigenvalue weighted by Crippen LogP contribution is 2.27. The lowest BCUT2D eigenvalue weighted by atomic mass is 10.2. The molecule has 0 saturated carbocycles. The van der Waals surface area contributed by atoms with Gasteiger partial charge in [0.2, 0.25) is 15.9 Å². The van der Waals surface area contributed by atoms with E-state index in [0.29, 0.717) is 10.8 Å². The number of hydrogen-bond acceptors (Lipinski definition) is 6. The molecule has 0 saturated heterocycles. The van der Waals surface area contributed by atoms with Crippen LogP contribution in [0.3, 0.4) is 0 Å². The van der Waals surface area contributed by atoms with E-state index in [1.54, 1.807) is 6.07 Å². The first-order valence-corrected chi connectivity index (χ1v) is 10.8. The molecule has 1 amide bonds. The molecular formula is C17H21ClN4O3S2. The maximum Gasteiger partial charge on any atom is 0.244 e. The van der Waals surface area contributed by atoms with E-state index >= 15 is 0 Å². The van der Waals surface area contributed by atoms with E-state index in [1.807, 2.05) is 20.8 Å². The Labute approximate surface area is 168 Å². The summed E-state index contributed by atoms with van der Waals surface area (Å²) in [5, 5.41) is 3.29. The molecule has 27 heavy (non-hydrogen) atoms. The Morgan fingerprint density at radius 3 is 2.33 bits per heavy atom. The zero-order valence-corrected chi connectivity index (χ0v) is 18.1. The van der Waals surface area contributed by atoms with Crippen molar-refractivity contribution in [3.63, 3.8) is 0 Å². The van der Waals surface area contributed by atoms with Gasteiger partial charge in [0, 0.05) is 31.2 Å². The predicted molar refractivity (Wildman–Crippen MR) is 108 cm³/mol. The van der Waals surface area contributed by atoms with Crippen LogP contribution < -0.4 is 5.32 Å². The molecule has 1 aromatic heterocycles. The van der Waals surface area contributed by atoms with Gasteiger partial charge in [-0.1, -0.05) is 23.4 Å². The second-order valence-electron chi connectivity index (χ2n) is 6.07. The van der Waals surface area contributed by atoms with E-state index in [-0.39, 0.29) is 21.6 Å². The molecular weight excluding hydrogens is 408 g/mol. The number of rotatable bonds is 6. The minimum absolute atomic E-state index is 0.0623. The topological polar surface area (TPSA) is 92.3 Å². The number of nitrogens with one attached hydrogen (secondary N) is 1. The van der Waals surface area contributed by atoms with Crippen molar-refractivity contribution in [2.24, 2.45) is 0 Å². The van der Waals surface area contributed by atoms with Gasteiger partial charge in [-0.15, -0.1) is 0 Å². The molecule has 0 atom stereocenters. The number of benzene rings is 1. The fraction of sp³-hybridized carbons (Fsp3) is 0.353. The highest BCUT2D eigenvalue weighted by Gasteiger charge is 2.21. The zero-order valence-electron chi connectivity index (χ0n) is 15.7. The van der Waals surface area contributed by atoms with E-state index in [4.69, 9.17) is 11.6 Å². The van der Waals surface area contributed by atoms with Crippen molar-refractivity contribution < 1.29 is 13.2 Å². The van der Waals surface area contributed by atoms with Gasteiger partial charge >= 0.3 is 0 Å². The van der Waals surface area contributed by atoms with Crippen LogP contribution in [-0.4, -0.2) is 48.4 Å². The molecule has 0 unspecified atom stereocenters. The van der Waals surface area contributed by atoms with Crippen LogP contribution in [0.25, 0.3) is 0 Å². The van der Waals surface area contributed by atoms with Gasteiger partial charge in [-0.3, -0.25) is 4.79 Å². The number of anilines is 1. The summed E-state index contributed by atoms with van der Waals surface area (Å²) in [4.78, 5) is 20.9. The Bertz CT molecular complexity index is 955. The molecule has 1 N–H and O–H groups in total. The maximum absolute atomic E-state index is 12.3. The van der Waals surface area contributed by atoms with Gasteiger partial charge in [0.05, 0.1) is 10.8 Å². The molecule has 0 radical (unpaired) electrons. The molecule has 0 spiro atoms. The highest BCUT2D eigenvalue weighted by molar-refractivity contribution is 7.99. The van der Waals surface area contributed by atoms with Crippen molar-refractivity contribution in [1.29, 1.82) is 0 Å². The fourth-order valence-corrected chi connectivity index (χ4v) is 4.24. The van der Waals surface area contributed by atoms with E-state index in [0.717, 1.165) is 21.3 Å². The number of halogens is 1. The smallest absolute Gasteiger partial charge is 0.244 e. The number of aryl methyl sites for hydroxylation is 2. The Kier molecular flexibility index (Phi) is 6.85. The van der Waals surface area contributed by atoms with Gasteiger partial charge in [-0.2, -0.15) is 0 Å². The average Bonchev–Trinajstić information content (AvgIpc) is 2.59. The zero-order chi connectivity index (χ0) is 20.4. The first-order chi connectivity index (χ1) is 12.5. The van der Waals surface area contributed by atoms with Crippen LogP contribution in [0.15, 0.2) is 28.3 Å². The maximum atomic E-state index is 12.3. The summed E-state index contributed by atoms with van der Waals surface area (Å²) < 4.78 is 25.7. The molecule has 0 aliphatic rings. The first kappa shape index (κ1) is 21.6. The van der Waals surface area contributed by atoms with E-state index in [1.165, 1.54) is 38.0 Å². The standard InChI is InChI=1S/C17H21ClN4O3S2/c1-10-11(2)19-17(20-12(10)3)26-9-16(23)21-13-6-7-14(18)15(8-13)27(24,25)22(4)5/h6-8H,9H2,1-5H3,(H,21,23). The lowest BCUT2D eigenvalue weighted by molar-refractivity contribution is -0.113. The Balaban J connectivity index is 2.10. The van der Waals surface area contributed by atoms with Gasteiger partial charge in [0.15, 0.2) is 5.16 Å². The molecule has 2 rings (SSSR count). The van der Waals surface area contributed by atoms with E-state index in [9.17, 15) is 13.2 Å². The van der Waals surface area contributed by atoms with Crippen molar-refractivity contribution in [3.8, 4) is 0 Å². The van der Waals surface area contributed by atoms with Crippen LogP contribution >= 0.6 is 23.4 Å². The normalized spacial score (nSPS) is 11.7. The van der Waals surface area contributed by atoms with Crippen LogP contribution in [-0.2, 0) is 14.8 Å². The molecule has 146 valence electrons. The van der Waals surface area contributed by atoms with Gasteiger partial charge in [-0.05, 0) is 44.5 Å². The van der Waals surface area contributed by atoms with Gasteiger partial charge in [0.1, 0.15) is 4.90 Å². The molecule has 0 aliphatic heterocycles. The molecule has 0 aliphatic carbocycles. The van der Waals surface area contributed by atoms with E-state index < -0.39 is 10.0 Å². The van der Waals surface area contributed by atoms with Crippen LogP contribution in [0, 0.1) is 20.8 Å². The van der Waals surface area contributed by atoms with Crippen molar-refractivity contribution in [1.82, 2.24) is 14.3 Å². The predicted octanol–water partition coefficient (Wildman–Crippen LogP) is 3.04. The number of hydrogen-bond donors (Lipinski definition) is 1. The van der Waals surface area contributed by atoms with Gasteiger partial charge < -0.3 is 5.32 Å². The van der Waals surface area contributed by atoms with Crippen molar-refractivity contribution >= 4 is 45.0 Å². The summed E-state index contributed by atoms with van der Waals surface area (Å²) in [5.41, 5.74) is 3.13. The Hall–Kier alpha value is -1.68. The Morgan fingerprint density at radius 1 is 1.19 bits per heavy atom. The molecule has 2 aromatic rings. The average molecular weight is 429 g/mol. The third-order valence-electron chi connectivity index (χ3n) is 3.92.